The molecule has 8 aromatic carbocycles. The van der Waals surface area contributed by atoms with Crippen LogP contribution in [0.3, 0.4) is 0 Å². The number of aryl methyl sites for hydroxylation is 4. The third-order valence-electron chi connectivity index (χ3n) is 23.5. The normalized spacial score (nSPS) is 14.4. The fourth-order valence-electron chi connectivity index (χ4n) is 15.9. The zero-order chi connectivity index (χ0) is 91.9. The number of methoxy groups -OCH3 is 2. The van der Waals surface area contributed by atoms with Crippen molar-refractivity contribution in [1.82, 2.24) is 18.3 Å². The molecule has 25 nitrogen and oxygen atoms in total. The topological polar surface area (TPSA) is 307 Å². The second-order valence-electron chi connectivity index (χ2n) is 33.5. The number of aliphatic carboxylic acids is 1. The van der Waals surface area contributed by atoms with Crippen LogP contribution in [0.2, 0.25) is 0 Å². The van der Waals surface area contributed by atoms with Gasteiger partial charge in [0.2, 0.25) is 5.91 Å². The summed E-state index contributed by atoms with van der Waals surface area (Å²) in [5.41, 5.74) is 23.2. The molecule has 2 unspecified atom stereocenters. The Bertz CT molecular complexity index is 6470. The van der Waals surface area contributed by atoms with E-state index in [1.165, 1.54) is 14.2 Å². The van der Waals surface area contributed by atoms with Crippen molar-refractivity contribution in [3.05, 3.63) is 286 Å². The number of ether oxygens (including phenoxy) is 4. The first-order valence-electron chi connectivity index (χ1n) is 41.9. The second-order valence-corrected chi connectivity index (χ2v) is 40.6. The number of benzene rings is 8. The number of fused-ring (bicyclic) bond motifs is 8. The number of hydrogen-bond donors (Lipinski definition) is 5. The molecule has 0 aliphatic carbocycles. The molecular formula is C100H102N12O13S4. The van der Waals surface area contributed by atoms with E-state index < -0.39 is 5.97 Å². The monoisotopic (exact) mass is 1810 g/mol. The lowest BCUT2D eigenvalue weighted by Crippen LogP contribution is -2.37. The number of hydrogen-bond acceptors (Lipinski definition) is 17. The number of amides is 5. The maximum Gasteiger partial charge on any atom is 0.307 e. The number of carboxylic acid groups (broad SMARTS) is 1. The Hall–Kier alpha value is -13.5. The van der Waals surface area contributed by atoms with Crippen LogP contribution >= 0.6 is 0 Å². The molecule has 5 amide bonds. The Morgan fingerprint density at radius 1 is 0.465 bits per heavy atom. The number of para-hydroxylation sites is 2. The molecule has 4 aliphatic heterocycles. The molecule has 4 aliphatic rings. The zero-order valence-corrected chi connectivity index (χ0v) is 77.1. The molecule has 16 rings (SSSR count). The highest BCUT2D eigenvalue weighted by atomic mass is 32.8. The molecule has 29 heteroatoms. The van der Waals surface area contributed by atoms with Crippen molar-refractivity contribution in [2.75, 3.05) is 58.2 Å². The maximum absolute atomic E-state index is 13.8. The largest absolute Gasteiger partial charge is 0.493 e. The third kappa shape index (κ3) is 21.4. The molecule has 0 saturated heterocycles. The van der Waals surface area contributed by atoms with Gasteiger partial charge in [-0.2, -0.15) is 0 Å². The highest BCUT2D eigenvalue weighted by molar-refractivity contribution is 8.29. The molecule has 0 fully saturated rings. The van der Waals surface area contributed by atoms with E-state index in [2.05, 4.69) is 48.6 Å². The Morgan fingerprint density at radius 3 is 1.29 bits per heavy atom. The van der Waals surface area contributed by atoms with Crippen LogP contribution in [-0.2, 0) is 118 Å². The zero-order valence-electron chi connectivity index (χ0n) is 73.8. The number of ketones is 2. The standard InChI is InChI=1S/C50H50N6O6S2.C26H22N2O5.C24H30N4O2S2/c1-50(2,64(6)63)19-18-44(57)42-23-35(28-54(42)3)33-14-16-36(17-15-33)53-48(59)43-24-37(29-55(43)4)52-47(58)21-31-10-9-11-32(20-31)30-62-46-26-40-39(25-45(46)61-5)49(60)56-38(27-51-40)22-34-12-7-8-13-41(34)56;1-32-23-12-20-21(13-24(23)33-15-17-6-4-5-16(9-17)10-25(29)30)27-14-19-11-18-7-2-3-8-22(18)28(19)26(20)31;1-24(2,32(5)31)11-10-22(29)20-12-17(14-27(20)3)16-6-8-19(9-7-16)26-23(30)21-13-18(25)15-28(21)4/h7-17,20,23-29,38H,18-19,21-22,30H2,1-6H3,(H,52,58)(H,53,59);2-9,12-14,19H,10-11,15H2,1H3,(H,29,30);6-9,12-15H,10-11,25H2,1-5H3,(H,26,30)/t38-,64?;19-;/m00./s1. The van der Waals surface area contributed by atoms with Crippen LogP contribution in [0.1, 0.15) is 149 Å². The molecule has 129 heavy (non-hydrogen) atoms. The van der Waals surface area contributed by atoms with E-state index in [-0.39, 0.29) is 108 Å². The van der Waals surface area contributed by atoms with Gasteiger partial charge in [-0.1, -0.05) is 159 Å². The lowest BCUT2D eigenvalue weighted by atomic mass is 10.0. The van der Waals surface area contributed by atoms with Crippen LogP contribution in [-0.4, -0.2) is 131 Å². The van der Waals surface area contributed by atoms with E-state index in [0.717, 1.165) is 80.7 Å². The first-order valence-corrected chi connectivity index (χ1v) is 47.1. The van der Waals surface area contributed by atoms with Gasteiger partial charge in [-0.3, -0.25) is 58.1 Å². The highest BCUT2D eigenvalue weighted by Crippen LogP contribution is 2.44. The number of nitrogens with two attached hydrogens (primary N) is 1. The Balaban J connectivity index is 0.000000173. The number of anilines is 6. The van der Waals surface area contributed by atoms with Gasteiger partial charge >= 0.3 is 5.97 Å². The van der Waals surface area contributed by atoms with Crippen molar-refractivity contribution in [3.8, 4) is 45.3 Å². The quantitative estimate of drug-likeness (QED) is 0.0272. The van der Waals surface area contributed by atoms with Gasteiger partial charge in [-0.05, 0) is 143 Å². The molecule has 664 valence electrons. The van der Waals surface area contributed by atoms with Crippen molar-refractivity contribution >= 4 is 146 Å². The van der Waals surface area contributed by atoms with Gasteiger partial charge in [0.1, 0.15) is 24.6 Å². The van der Waals surface area contributed by atoms with Crippen molar-refractivity contribution in [2.24, 2.45) is 38.2 Å². The number of Topliss-reactive ketones (excluding diaryl/α,β-unsaturated/α-hetero) is 2. The average molecular weight is 1810 g/mol. The minimum atomic E-state index is -0.883. The van der Waals surface area contributed by atoms with Gasteiger partial charge in [0.25, 0.3) is 23.6 Å². The summed E-state index contributed by atoms with van der Waals surface area (Å²) in [4.78, 5) is 116. The van der Waals surface area contributed by atoms with E-state index in [4.69, 9.17) is 57.2 Å². The number of carbonyl (C=O) groups is 8. The summed E-state index contributed by atoms with van der Waals surface area (Å²) in [6, 6.07) is 59.3. The SMILES string of the molecule is COc1cc2c(cc1OCc1cccc(CC(=O)Nc3cc(C(=O)Nc4ccc(-c5cc(C(=O)CCC(C)(C)S(C)=S)n(C)c5)cc4)n(C)c3)c1)N=C[C@@H]1Cc3ccccc3N1C2=O.COc1cc2c(cc1OCc1cccc(CC(=O)O)c1)N=C[C@@H]1Cc3ccccc3N1C2=O.Cn1cc(-c2ccc(NC(=O)c3cc(N)cn3C)cc2)cc1C(=O)CCC(C)(C)S(C)=S. The summed E-state index contributed by atoms with van der Waals surface area (Å²) in [7, 11) is 9.98. The number of carboxylic acids is 1. The predicted molar refractivity (Wildman–Crippen MR) is 518 cm³/mol. The molecule has 6 N–H and O–H groups in total. The van der Waals surface area contributed by atoms with Crippen LogP contribution < -0.4 is 50.4 Å². The van der Waals surface area contributed by atoms with Crippen LogP contribution in [0.25, 0.3) is 22.3 Å². The Labute approximate surface area is 763 Å². The Kier molecular flexibility index (Phi) is 28.0. The van der Waals surface area contributed by atoms with Gasteiger partial charge < -0.3 is 64.0 Å². The smallest absolute Gasteiger partial charge is 0.307 e. The average Bonchev–Trinajstić information content (AvgIpc) is 1.61. The van der Waals surface area contributed by atoms with Crippen LogP contribution in [0.4, 0.5) is 45.5 Å². The predicted octanol–water partition coefficient (Wildman–Crippen LogP) is 17.3. The van der Waals surface area contributed by atoms with E-state index in [0.29, 0.717) is 116 Å². The minimum absolute atomic E-state index is 0.0234. The van der Waals surface area contributed by atoms with E-state index in [1.807, 2.05) is 200 Å². The number of nitrogen functional groups attached to an aromatic ring is 1. The van der Waals surface area contributed by atoms with Crippen molar-refractivity contribution in [3.63, 3.8) is 0 Å². The summed E-state index contributed by atoms with van der Waals surface area (Å²) in [5.74, 6) is 0.0323. The van der Waals surface area contributed by atoms with E-state index in [1.54, 1.807) is 100 Å². The molecule has 0 saturated carbocycles. The fourth-order valence-corrected chi connectivity index (χ4v) is 17.1. The van der Waals surface area contributed by atoms with Crippen LogP contribution in [0.5, 0.6) is 23.0 Å². The molecular weight excluding hydrogens is 1710 g/mol. The van der Waals surface area contributed by atoms with Crippen molar-refractivity contribution in [1.29, 1.82) is 0 Å². The fraction of sp³-hybridized carbons (Fsp3) is 0.260. The molecule has 0 spiro atoms. The van der Waals surface area contributed by atoms with Crippen LogP contribution in [0.15, 0.2) is 229 Å². The second kappa shape index (κ2) is 39.4. The summed E-state index contributed by atoms with van der Waals surface area (Å²) in [6.45, 7) is 8.89. The van der Waals surface area contributed by atoms with Gasteiger partial charge in [0, 0.05) is 147 Å². The van der Waals surface area contributed by atoms with Gasteiger partial charge in [0.15, 0.2) is 34.6 Å². The number of carbonyl (C=O) groups excluding carboxylic acids is 7. The number of nitrogens with zero attached hydrogens (tertiary/aromatic N) is 8. The van der Waals surface area contributed by atoms with Crippen molar-refractivity contribution in [2.45, 2.75) is 114 Å². The molecule has 0 radical (unpaired) electrons. The number of aliphatic imine (C=N–C) groups is 2. The van der Waals surface area contributed by atoms with Crippen LogP contribution in [0, 0.1) is 0 Å². The summed E-state index contributed by atoms with van der Waals surface area (Å²) in [5, 5.41) is 17.8. The summed E-state index contributed by atoms with van der Waals surface area (Å²) < 4.78 is 30.4. The first-order chi connectivity index (χ1) is 61.7. The van der Waals surface area contributed by atoms with E-state index >= 15 is 0 Å². The lowest BCUT2D eigenvalue weighted by molar-refractivity contribution is -0.136. The molecule has 4 atom stereocenters. The number of nitrogens with one attached hydrogen (secondary N) is 3. The van der Waals surface area contributed by atoms with Gasteiger partial charge in [-0.25, -0.2) is 0 Å². The molecule has 12 aromatic rings. The van der Waals surface area contributed by atoms with E-state index in [9.17, 15) is 38.4 Å². The first kappa shape index (κ1) is 91.7. The molecule has 4 aromatic heterocycles. The number of rotatable bonds is 29. The minimum Gasteiger partial charge on any atom is -0.493 e. The van der Waals surface area contributed by atoms with Gasteiger partial charge in [-0.15, -0.1) is 18.9 Å². The third-order valence-corrected chi connectivity index (χ3v) is 29.8. The van der Waals surface area contributed by atoms with Crippen molar-refractivity contribution < 1.29 is 62.4 Å². The number of aromatic nitrogens is 4. The summed E-state index contributed by atoms with van der Waals surface area (Å²) >= 11 is 10.9. The Morgan fingerprint density at radius 2 is 0.876 bits per heavy atom. The molecule has 8 heterocycles. The summed E-state index contributed by atoms with van der Waals surface area (Å²) in [6.07, 6.45) is 18.9. The maximum atomic E-state index is 13.8. The highest BCUT2D eigenvalue weighted by Gasteiger charge is 2.39. The lowest BCUT2D eigenvalue weighted by Gasteiger charge is -2.23. The van der Waals surface area contributed by atoms with Gasteiger partial charge in [0.05, 0.1) is 84.4 Å². The molecule has 0 bridgehead atoms.